The first-order valence-electron chi connectivity index (χ1n) is 6.75. The van der Waals surface area contributed by atoms with Crippen molar-refractivity contribution >= 4 is 39.6 Å². The van der Waals surface area contributed by atoms with Gasteiger partial charge in [-0.3, -0.25) is 0 Å². The van der Waals surface area contributed by atoms with Gasteiger partial charge in [-0.1, -0.05) is 12.1 Å². The van der Waals surface area contributed by atoms with Gasteiger partial charge in [-0.15, -0.1) is 11.3 Å². The maximum Gasteiger partial charge on any atom is 0.0660 e. The van der Waals surface area contributed by atoms with Gasteiger partial charge in [-0.25, -0.2) is 0 Å². The molecule has 0 radical (unpaired) electrons. The van der Waals surface area contributed by atoms with E-state index in [1.54, 1.807) is 4.88 Å². The Hall–Kier alpha value is -0.550. The third-order valence-corrected chi connectivity index (χ3v) is 5.78. The molecule has 1 aliphatic carbocycles. The first-order valence-corrected chi connectivity index (χ1v) is 8.65. The fourth-order valence-corrected chi connectivity index (χ4v) is 4.87. The van der Waals surface area contributed by atoms with E-state index in [4.69, 9.17) is 0 Å². The molecular weight excluding hydrogens is 365 g/mol. The number of rotatable bonds is 2. The van der Waals surface area contributed by atoms with Gasteiger partial charge in [-0.2, -0.15) is 0 Å². The molecule has 3 rings (SSSR count). The average Bonchev–Trinajstić information content (AvgIpc) is 2.75. The number of anilines is 1. The summed E-state index contributed by atoms with van der Waals surface area (Å²) < 4.78 is 1.41. The second-order valence-electron chi connectivity index (χ2n) is 5.34. The molecule has 1 aliphatic rings. The summed E-state index contributed by atoms with van der Waals surface area (Å²) in [5, 5.41) is 3.76. The lowest BCUT2D eigenvalue weighted by Gasteiger charge is -2.25. The molecule has 1 unspecified atom stereocenters. The Labute approximate surface area is 132 Å². The van der Waals surface area contributed by atoms with E-state index in [-0.39, 0.29) is 0 Å². The summed E-state index contributed by atoms with van der Waals surface area (Å²) in [5.41, 5.74) is 5.48. The molecule has 0 amide bonds. The Morgan fingerprint density at radius 1 is 1.26 bits per heavy atom. The third-order valence-electron chi connectivity index (χ3n) is 3.81. The van der Waals surface area contributed by atoms with Gasteiger partial charge in [0.05, 0.1) is 8.93 Å². The van der Waals surface area contributed by atoms with E-state index in [2.05, 4.69) is 66.0 Å². The van der Waals surface area contributed by atoms with Gasteiger partial charge >= 0.3 is 0 Å². The minimum atomic E-state index is 0.490. The molecule has 1 heterocycles. The fourth-order valence-electron chi connectivity index (χ4n) is 2.75. The molecule has 100 valence electrons. The average molecular weight is 383 g/mol. The van der Waals surface area contributed by atoms with Crippen LogP contribution in [0.1, 0.15) is 40.5 Å². The second-order valence-corrected chi connectivity index (χ2v) is 8.37. The van der Waals surface area contributed by atoms with Crippen molar-refractivity contribution in [3.8, 4) is 0 Å². The summed E-state index contributed by atoms with van der Waals surface area (Å²) in [6.07, 6.45) is 3.80. The maximum absolute atomic E-state index is 3.76. The lowest BCUT2D eigenvalue weighted by atomic mass is 9.93. The van der Waals surface area contributed by atoms with Crippen molar-refractivity contribution in [2.75, 3.05) is 5.32 Å². The van der Waals surface area contributed by atoms with Crippen LogP contribution in [0.15, 0.2) is 24.3 Å². The highest BCUT2D eigenvalue weighted by Crippen LogP contribution is 2.38. The Morgan fingerprint density at radius 3 is 2.95 bits per heavy atom. The molecule has 1 atom stereocenters. The first-order chi connectivity index (χ1) is 9.13. The number of fused-ring (bicyclic) bond motifs is 1. The van der Waals surface area contributed by atoms with Crippen molar-refractivity contribution in [1.82, 2.24) is 0 Å². The predicted octanol–water partition coefficient (Wildman–Crippen LogP) is 5.46. The highest BCUT2D eigenvalue weighted by atomic mass is 127. The number of nitrogens with one attached hydrogen (secondary N) is 1. The number of benzene rings is 1. The first kappa shape index (κ1) is 13.4. The lowest BCUT2D eigenvalue weighted by molar-refractivity contribution is 0.608. The van der Waals surface area contributed by atoms with Crippen molar-refractivity contribution in [3.63, 3.8) is 0 Å². The standard InChI is InChI=1S/C16H18INS/c1-10-6-7-11(2)14(8-10)18-13-4-3-5-15-12(13)9-16(17)19-15/h6-9,13,18H,3-5H2,1-2H3. The van der Waals surface area contributed by atoms with Crippen molar-refractivity contribution in [2.45, 2.75) is 39.2 Å². The van der Waals surface area contributed by atoms with Gasteiger partial charge in [-0.05, 0) is 84.5 Å². The number of aryl methyl sites for hydroxylation is 3. The van der Waals surface area contributed by atoms with Crippen LogP contribution in [0, 0.1) is 16.7 Å². The van der Waals surface area contributed by atoms with Crippen LogP contribution in [0.4, 0.5) is 5.69 Å². The van der Waals surface area contributed by atoms with Crippen LogP contribution in [0.3, 0.4) is 0 Å². The largest absolute Gasteiger partial charge is 0.378 e. The van der Waals surface area contributed by atoms with E-state index in [1.807, 2.05) is 11.3 Å². The van der Waals surface area contributed by atoms with E-state index in [0.29, 0.717) is 6.04 Å². The molecule has 0 fully saturated rings. The summed E-state index contributed by atoms with van der Waals surface area (Å²) in [5.74, 6) is 0. The SMILES string of the molecule is Cc1ccc(C)c(NC2CCCc3sc(I)cc32)c1. The quantitative estimate of drug-likeness (QED) is 0.680. The molecule has 0 saturated heterocycles. The van der Waals surface area contributed by atoms with Crippen LogP contribution < -0.4 is 5.32 Å². The van der Waals surface area contributed by atoms with Gasteiger partial charge in [0.15, 0.2) is 0 Å². The van der Waals surface area contributed by atoms with Crippen LogP contribution in [-0.4, -0.2) is 0 Å². The second kappa shape index (κ2) is 5.44. The molecule has 1 aromatic heterocycles. The smallest absolute Gasteiger partial charge is 0.0660 e. The minimum Gasteiger partial charge on any atom is -0.378 e. The predicted molar refractivity (Wildman–Crippen MR) is 92.3 cm³/mol. The van der Waals surface area contributed by atoms with Crippen LogP contribution in [0.5, 0.6) is 0 Å². The topological polar surface area (TPSA) is 12.0 Å². The molecule has 0 spiro atoms. The Balaban J connectivity index is 1.90. The van der Waals surface area contributed by atoms with Gasteiger partial charge < -0.3 is 5.32 Å². The molecule has 0 bridgehead atoms. The zero-order chi connectivity index (χ0) is 13.4. The molecule has 2 aromatic rings. The van der Waals surface area contributed by atoms with Gasteiger partial charge in [0.25, 0.3) is 0 Å². The van der Waals surface area contributed by atoms with Crippen LogP contribution in [0.2, 0.25) is 0 Å². The van der Waals surface area contributed by atoms with Gasteiger partial charge in [0.2, 0.25) is 0 Å². The molecule has 1 N–H and O–H groups in total. The normalized spacial score (nSPS) is 18.2. The summed E-state index contributed by atoms with van der Waals surface area (Å²) in [6, 6.07) is 9.51. The molecule has 0 saturated carbocycles. The summed E-state index contributed by atoms with van der Waals surface area (Å²) in [6.45, 7) is 4.34. The summed E-state index contributed by atoms with van der Waals surface area (Å²) in [7, 11) is 0. The molecule has 0 aliphatic heterocycles. The number of hydrogen-bond acceptors (Lipinski definition) is 2. The van der Waals surface area contributed by atoms with Crippen molar-refractivity contribution in [2.24, 2.45) is 0 Å². The third kappa shape index (κ3) is 2.82. The van der Waals surface area contributed by atoms with E-state index >= 15 is 0 Å². The maximum atomic E-state index is 3.76. The van der Waals surface area contributed by atoms with Crippen molar-refractivity contribution in [1.29, 1.82) is 0 Å². The molecule has 1 nitrogen and oxygen atoms in total. The van der Waals surface area contributed by atoms with Crippen LogP contribution >= 0.6 is 33.9 Å². The van der Waals surface area contributed by atoms with Crippen molar-refractivity contribution < 1.29 is 0 Å². The van der Waals surface area contributed by atoms with Crippen LogP contribution in [-0.2, 0) is 6.42 Å². The molecule has 1 aromatic carbocycles. The van der Waals surface area contributed by atoms with Crippen molar-refractivity contribution in [3.05, 3.63) is 48.7 Å². The Bertz CT molecular complexity index is 603. The fraction of sp³-hybridized carbons (Fsp3) is 0.375. The minimum absolute atomic E-state index is 0.490. The van der Waals surface area contributed by atoms with Gasteiger partial charge in [0.1, 0.15) is 0 Å². The Morgan fingerprint density at radius 2 is 2.11 bits per heavy atom. The van der Waals surface area contributed by atoms with E-state index in [9.17, 15) is 0 Å². The van der Waals surface area contributed by atoms with E-state index in [1.165, 1.54) is 44.5 Å². The molecular formula is C16H18INS. The van der Waals surface area contributed by atoms with Gasteiger partial charge in [0, 0.05) is 10.6 Å². The summed E-state index contributed by atoms with van der Waals surface area (Å²) in [4.78, 5) is 1.58. The summed E-state index contributed by atoms with van der Waals surface area (Å²) >= 11 is 4.40. The lowest BCUT2D eigenvalue weighted by Crippen LogP contribution is -2.16. The molecule has 19 heavy (non-hydrogen) atoms. The monoisotopic (exact) mass is 383 g/mol. The number of thiophene rings is 1. The Kier molecular flexibility index (Phi) is 3.85. The van der Waals surface area contributed by atoms with Crippen LogP contribution in [0.25, 0.3) is 0 Å². The number of halogens is 1. The van der Waals surface area contributed by atoms with E-state index in [0.717, 1.165) is 0 Å². The molecule has 3 heteroatoms. The highest BCUT2D eigenvalue weighted by molar-refractivity contribution is 14.1. The van der Waals surface area contributed by atoms with E-state index < -0.39 is 0 Å². The highest BCUT2D eigenvalue weighted by Gasteiger charge is 2.22. The number of hydrogen-bond donors (Lipinski definition) is 1. The zero-order valence-electron chi connectivity index (χ0n) is 11.3. The zero-order valence-corrected chi connectivity index (χ0v) is 14.3.